The highest BCUT2D eigenvalue weighted by Gasteiger charge is 2.45. The molecule has 2 rings (SSSR count). The fourth-order valence-electron chi connectivity index (χ4n) is 3.32. The van der Waals surface area contributed by atoms with Crippen LogP contribution in [0.15, 0.2) is 24.3 Å². The van der Waals surface area contributed by atoms with Gasteiger partial charge in [-0.1, -0.05) is 0 Å². The van der Waals surface area contributed by atoms with Gasteiger partial charge in [0, 0.05) is 13.5 Å². The summed E-state index contributed by atoms with van der Waals surface area (Å²) in [7, 11) is 2.64. The SMILES string of the molecule is COC(=O)[C@@H]1C[C@H](Oc2ccc(F)cc2)CN1C(=O)C(NC(=O)OC(C)(C)C)[C@@H](C)OC. The van der Waals surface area contributed by atoms with E-state index >= 15 is 0 Å². The van der Waals surface area contributed by atoms with Gasteiger partial charge in [-0.2, -0.15) is 0 Å². The molecule has 1 aromatic carbocycles. The van der Waals surface area contributed by atoms with Crippen LogP contribution in [0, 0.1) is 5.82 Å². The van der Waals surface area contributed by atoms with E-state index in [4.69, 9.17) is 18.9 Å². The second-order valence-electron chi connectivity index (χ2n) is 8.52. The van der Waals surface area contributed by atoms with Gasteiger partial charge in [-0.3, -0.25) is 4.79 Å². The molecular weight excluding hydrogens is 423 g/mol. The number of halogens is 1. The van der Waals surface area contributed by atoms with Crippen LogP contribution in [0.5, 0.6) is 5.75 Å². The third-order valence-corrected chi connectivity index (χ3v) is 4.91. The Bertz CT molecular complexity index is 809. The molecule has 0 aromatic heterocycles. The summed E-state index contributed by atoms with van der Waals surface area (Å²) in [5.41, 5.74) is -0.760. The van der Waals surface area contributed by atoms with Crippen LogP contribution >= 0.6 is 0 Å². The monoisotopic (exact) mass is 454 g/mol. The summed E-state index contributed by atoms with van der Waals surface area (Å²) in [6, 6.07) is 3.43. The Morgan fingerprint density at radius 1 is 1.16 bits per heavy atom. The zero-order valence-corrected chi connectivity index (χ0v) is 19.2. The number of carbonyl (C=O) groups excluding carboxylic acids is 3. The number of hydrogen-bond donors (Lipinski definition) is 1. The van der Waals surface area contributed by atoms with E-state index in [0.717, 1.165) is 0 Å². The number of alkyl carbamates (subject to hydrolysis) is 1. The molecule has 0 radical (unpaired) electrons. The van der Waals surface area contributed by atoms with Crippen LogP contribution in [-0.2, 0) is 23.8 Å². The predicted molar refractivity (Wildman–Crippen MR) is 113 cm³/mol. The number of hydrogen-bond acceptors (Lipinski definition) is 7. The lowest BCUT2D eigenvalue weighted by Gasteiger charge is -2.31. The first-order chi connectivity index (χ1) is 14.9. The van der Waals surface area contributed by atoms with Crippen LogP contribution in [0.2, 0.25) is 0 Å². The largest absolute Gasteiger partial charge is 0.488 e. The normalized spacial score (nSPS) is 20.3. The number of benzene rings is 1. The van der Waals surface area contributed by atoms with Gasteiger partial charge in [-0.05, 0) is 52.0 Å². The van der Waals surface area contributed by atoms with Crippen LogP contribution in [0.1, 0.15) is 34.1 Å². The summed E-state index contributed by atoms with van der Waals surface area (Å²) in [4.78, 5) is 39.4. The van der Waals surface area contributed by atoms with Crippen LogP contribution in [0.4, 0.5) is 9.18 Å². The molecule has 178 valence electrons. The average Bonchev–Trinajstić information content (AvgIpc) is 3.14. The number of carbonyl (C=O) groups is 3. The minimum atomic E-state index is -1.11. The minimum Gasteiger partial charge on any atom is -0.488 e. The number of nitrogens with one attached hydrogen (secondary N) is 1. The molecule has 1 unspecified atom stereocenters. The summed E-state index contributed by atoms with van der Waals surface area (Å²) < 4.78 is 34.4. The van der Waals surface area contributed by atoms with Crippen LogP contribution < -0.4 is 10.1 Å². The Hall–Kier alpha value is -2.88. The average molecular weight is 454 g/mol. The summed E-state index contributed by atoms with van der Waals surface area (Å²) in [5.74, 6) is -1.14. The van der Waals surface area contributed by atoms with Crippen LogP contribution in [-0.4, -0.2) is 73.5 Å². The number of nitrogens with zero attached hydrogens (tertiary/aromatic N) is 1. The van der Waals surface area contributed by atoms with Gasteiger partial charge in [0.25, 0.3) is 0 Å². The fraction of sp³-hybridized carbons (Fsp3) is 0.591. The molecule has 1 aliphatic rings. The van der Waals surface area contributed by atoms with Crippen molar-refractivity contribution in [1.82, 2.24) is 10.2 Å². The van der Waals surface area contributed by atoms with Crippen LogP contribution in [0.3, 0.4) is 0 Å². The Balaban J connectivity index is 2.21. The van der Waals surface area contributed by atoms with E-state index in [2.05, 4.69) is 5.32 Å². The number of methoxy groups -OCH3 is 2. The molecule has 2 amide bonds. The van der Waals surface area contributed by atoms with Gasteiger partial charge in [0.05, 0.1) is 19.8 Å². The quantitative estimate of drug-likeness (QED) is 0.631. The maximum atomic E-state index is 13.4. The Morgan fingerprint density at radius 2 is 1.78 bits per heavy atom. The number of ether oxygens (including phenoxy) is 4. The van der Waals surface area contributed by atoms with Gasteiger partial charge in [-0.25, -0.2) is 14.0 Å². The van der Waals surface area contributed by atoms with Crippen molar-refractivity contribution in [2.24, 2.45) is 0 Å². The summed E-state index contributed by atoms with van der Waals surface area (Å²) in [5, 5.41) is 2.54. The summed E-state index contributed by atoms with van der Waals surface area (Å²) in [6.07, 6.45) is -1.84. The lowest BCUT2D eigenvalue weighted by molar-refractivity contribution is -0.152. The van der Waals surface area contributed by atoms with Crippen molar-refractivity contribution in [2.75, 3.05) is 20.8 Å². The molecular formula is C22H31FN2O7. The minimum absolute atomic E-state index is 0.0684. The molecule has 1 aromatic rings. The van der Waals surface area contributed by atoms with Crippen LogP contribution in [0.25, 0.3) is 0 Å². The molecule has 0 spiro atoms. The Morgan fingerprint density at radius 3 is 2.31 bits per heavy atom. The van der Waals surface area contributed by atoms with E-state index in [0.29, 0.717) is 5.75 Å². The van der Waals surface area contributed by atoms with Crippen molar-refractivity contribution in [3.05, 3.63) is 30.1 Å². The van der Waals surface area contributed by atoms with Gasteiger partial charge < -0.3 is 29.2 Å². The molecule has 0 aliphatic carbocycles. The standard InChI is InChI=1S/C22H31FN2O7/c1-13(29-5)18(24-21(28)32-22(2,3)4)19(26)25-12-16(11-17(25)20(27)30-6)31-15-9-7-14(23)8-10-15/h7-10,13,16-18H,11-12H2,1-6H3,(H,24,28)/t13-,16+,17+,18?/m1/s1. The first-order valence-electron chi connectivity index (χ1n) is 10.3. The third-order valence-electron chi connectivity index (χ3n) is 4.91. The highest BCUT2D eigenvalue weighted by molar-refractivity contribution is 5.90. The summed E-state index contributed by atoms with van der Waals surface area (Å²) in [6.45, 7) is 6.80. The second kappa shape index (κ2) is 10.6. The van der Waals surface area contributed by atoms with Gasteiger partial charge in [0.1, 0.15) is 35.4 Å². The van der Waals surface area contributed by atoms with E-state index in [-0.39, 0.29) is 13.0 Å². The first kappa shape index (κ1) is 25.4. The molecule has 10 heteroatoms. The topological polar surface area (TPSA) is 103 Å². The molecule has 0 bridgehead atoms. The van der Waals surface area contributed by atoms with Gasteiger partial charge in [0.15, 0.2) is 0 Å². The van der Waals surface area contributed by atoms with Gasteiger partial charge >= 0.3 is 12.1 Å². The van der Waals surface area contributed by atoms with Gasteiger partial charge in [0.2, 0.25) is 5.91 Å². The van der Waals surface area contributed by atoms with E-state index in [1.807, 2.05) is 0 Å². The summed E-state index contributed by atoms with van der Waals surface area (Å²) >= 11 is 0. The van der Waals surface area contributed by atoms with E-state index in [1.54, 1.807) is 27.7 Å². The molecule has 32 heavy (non-hydrogen) atoms. The maximum absolute atomic E-state index is 13.4. The molecule has 1 heterocycles. The molecule has 9 nitrogen and oxygen atoms in total. The second-order valence-corrected chi connectivity index (χ2v) is 8.52. The molecule has 1 N–H and O–H groups in total. The molecule has 0 saturated carbocycles. The number of likely N-dealkylation sites (tertiary alicyclic amines) is 1. The lowest BCUT2D eigenvalue weighted by Crippen LogP contribution is -2.57. The van der Waals surface area contributed by atoms with E-state index < -0.39 is 53.7 Å². The van der Waals surface area contributed by atoms with Crippen molar-refractivity contribution in [1.29, 1.82) is 0 Å². The van der Waals surface area contributed by atoms with Crippen molar-refractivity contribution >= 4 is 18.0 Å². The number of esters is 1. The zero-order chi connectivity index (χ0) is 24.1. The number of rotatable bonds is 7. The van der Waals surface area contributed by atoms with E-state index in [9.17, 15) is 18.8 Å². The maximum Gasteiger partial charge on any atom is 0.408 e. The lowest BCUT2D eigenvalue weighted by atomic mass is 10.1. The predicted octanol–water partition coefficient (Wildman–Crippen LogP) is 2.28. The molecule has 4 atom stereocenters. The Labute approximate surface area is 187 Å². The van der Waals surface area contributed by atoms with Gasteiger partial charge in [-0.15, -0.1) is 0 Å². The third kappa shape index (κ3) is 6.81. The molecule has 1 saturated heterocycles. The van der Waals surface area contributed by atoms with Crippen molar-refractivity contribution in [2.45, 2.75) is 64.0 Å². The Kier molecular flexibility index (Phi) is 8.43. The van der Waals surface area contributed by atoms with Crippen molar-refractivity contribution in [3.8, 4) is 5.75 Å². The molecule has 1 aliphatic heterocycles. The zero-order valence-electron chi connectivity index (χ0n) is 19.2. The first-order valence-corrected chi connectivity index (χ1v) is 10.3. The van der Waals surface area contributed by atoms with Crippen molar-refractivity contribution < 1.29 is 37.7 Å². The molecule has 1 fully saturated rings. The smallest absolute Gasteiger partial charge is 0.408 e. The number of amides is 2. The van der Waals surface area contributed by atoms with Crippen molar-refractivity contribution in [3.63, 3.8) is 0 Å². The fourth-order valence-corrected chi connectivity index (χ4v) is 3.32. The van der Waals surface area contributed by atoms with E-state index in [1.165, 1.54) is 43.4 Å². The highest BCUT2D eigenvalue weighted by Crippen LogP contribution is 2.25. The highest BCUT2D eigenvalue weighted by atomic mass is 19.1.